The van der Waals surface area contributed by atoms with Crippen molar-refractivity contribution in [2.75, 3.05) is 14.2 Å². The van der Waals surface area contributed by atoms with E-state index in [4.69, 9.17) is 9.26 Å². The summed E-state index contributed by atoms with van der Waals surface area (Å²) in [6.45, 7) is 1.67. The maximum Gasteiger partial charge on any atom is 0.316 e. The van der Waals surface area contributed by atoms with Crippen molar-refractivity contribution in [1.29, 1.82) is 0 Å². The number of hydrogen-bond donors (Lipinski definition) is 0. The molecule has 1 atom stereocenters. The Hall–Kier alpha value is -1.52. The highest BCUT2D eigenvalue weighted by Crippen LogP contribution is 2.20. The molecule has 13 heavy (non-hydrogen) atoms. The molecular formula is C8H11NO4. The van der Waals surface area contributed by atoms with Gasteiger partial charge in [-0.15, -0.1) is 0 Å². The van der Waals surface area contributed by atoms with Crippen molar-refractivity contribution in [2.24, 2.45) is 0 Å². The lowest BCUT2D eigenvalue weighted by Gasteiger charge is -2.02. The molecule has 0 amide bonds. The first kappa shape index (κ1) is 9.57. The highest BCUT2D eigenvalue weighted by molar-refractivity contribution is 5.76. The van der Waals surface area contributed by atoms with E-state index < -0.39 is 5.92 Å². The molecule has 1 aromatic heterocycles. The van der Waals surface area contributed by atoms with Crippen LogP contribution in [0, 0.1) is 0 Å². The molecule has 0 aliphatic carbocycles. The van der Waals surface area contributed by atoms with Crippen LogP contribution in [-0.4, -0.2) is 25.3 Å². The molecule has 0 aliphatic heterocycles. The van der Waals surface area contributed by atoms with Crippen molar-refractivity contribution in [1.82, 2.24) is 5.16 Å². The summed E-state index contributed by atoms with van der Waals surface area (Å²) in [6, 6.07) is 1.56. The van der Waals surface area contributed by atoms with E-state index in [1.165, 1.54) is 14.2 Å². The molecule has 1 rings (SSSR count). The first-order valence-corrected chi connectivity index (χ1v) is 3.77. The Bertz CT molecular complexity index is 294. The van der Waals surface area contributed by atoms with Crippen molar-refractivity contribution in [3.05, 3.63) is 11.8 Å². The molecule has 0 spiro atoms. The zero-order chi connectivity index (χ0) is 9.84. The monoisotopic (exact) mass is 185 g/mol. The van der Waals surface area contributed by atoms with Crippen LogP contribution in [0.3, 0.4) is 0 Å². The molecule has 0 radical (unpaired) electrons. The zero-order valence-corrected chi connectivity index (χ0v) is 7.73. The smallest absolute Gasteiger partial charge is 0.316 e. The third-order valence-corrected chi connectivity index (χ3v) is 1.70. The Morgan fingerprint density at radius 1 is 1.62 bits per heavy atom. The summed E-state index contributed by atoms with van der Waals surface area (Å²) in [5.41, 5.74) is 0. The van der Waals surface area contributed by atoms with E-state index in [1.54, 1.807) is 13.0 Å². The van der Waals surface area contributed by atoms with Gasteiger partial charge in [0.2, 0.25) is 0 Å². The fraction of sp³-hybridized carbons (Fsp3) is 0.500. The molecule has 0 saturated heterocycles. The predicted octanol–water partition coefficient (Wildman–Crippen LogP) is 0.960. The highest BCUT2D eigenvalue weighted by Gasteiger charge is 2.20. The molecule has 0 N–H and O–H groups in total. The van der Waals surface area contributed by atoms with Crippen LogP contribution in [0.4, 0.5) is 0 Å². The lowest BCUT2D eigenvalue weighted by atomic mass is 10.1. The van der Waals surface area contributed by atoms with E-state index >= 15 is 0 Å². The third-order valence-electron chi connectivity index (χ3n) is 1.70. The van der Waals surface area contributed by atoms with Gasteiger partial charge < -0.3 is 14.0 Å². The normalized spacial score (nSPS) is 12.2. The second-order valence-corrected chi connectivity index (χ2v) is 2.52. The Morgan fingerprint density at radius 2 is 2.31 bits per heavy atom. The van der Waals surface area contributed by atoms with Gasteiger partial charge in [0.1, 0.15) is 5.92 Å². The second kappa shape index (κ2) is 3.93. The number of nitrogens with zero attached hydrogens (tertiary/aromatic N) is 1. The number of esters is 1. The van der Waals surface area contributed by atoms with Gasteiger partial charge in [-0.2, -0.15) is 0 Å². The fourth-order valence-corrected chi connectivity index (χ4v) is 0.865. The van der Waals surface area contributed by atoms with E-state index in [2.05, 4.69) is 9.89 Å². The number of carbonyl (C=O) groups excluding carboxylic acids is 1. The predicted molar refractivity (Wildman–Crippen MR) is 43.5 cm³/mol. The number of carbonyl (C=O) groups is 1. The van der Waals surface area contributed by atoms with Gasteiger partial charge in [0, 0.05) is 6.07 Å². The molecule has 5 nitrogen and oxygen atoms in total. The second-order valence-electron chi connectivity index (χ2n) is 2.52. The third kappa shape index (κ3) is 1.99. The van der Waals surface area contributed by atoms with Crippen LogP contribution in [0.25, 0.3) is 0 Å². The Kier molecular flexibility index (Phi) is 2.89. The summed E-state index contributed by atoms with van der Waals surface area (Å²) in [5.74, 6) is -0.0327. The molecule has 0 aliphatic rings. The average Bonchev–Trinajstić information content (AvgIpc) is 2.63. The van der Waals surface area contributed by atoms with Gasteiger partial charge in [0.05, 0.1) is 14.2 Å². The Morgan fingerprint density at radius 3 is 2.77 bits per heavy atom. The van der Waals surface area contributed by atoms with E-state index in [0.29, 0.717) is 11.6 Å². The topological polar surface area (TPSA) is 61.6 Å². The largest absolute Gasteiger partial charge is 0.479 e. The molecule has 5 heteroatoms. The molecule has 0 saturated carbocycles. The first-order valence-electron chi connectivity index (χ1n) is 3.77. The fourth-order valence-electron chi connectivity index (χ4n) is 0.865. The van der Waals surface area contributed by atoms with Crippen molar-refractivity contribution < 1.29 is 18.8 Å². The SMILES string of the molecule is COC(=O)C(C)c1cc(OC)no1. The molecule has 0 fully saturated rings. The lowest BCUT2D eigenvalue weighted by Crippen LogP contribution is -2.09. The zero-order valence-electron chi connectivity index (χ0n) is 7.73. The van der Waals surface area contributed by atoms with Crippen molar-refractivity contribution >= 4 is 5.97 Å². The van der Waals surface area contributed by atoms with E-state index in [0.717, 1.165) is 0 Å². The van der Waals surface area contributed by atoms with E-state index in [-0.39, 0.29) is 5.97 Å². The van der Waals surface area contributed by atoms with Crippen LogP contribution in [0.5, 0.6) is 5.88 Å². The summed E-state index contributed by atoms with van der Waals surface area (Å²) in [6.07, 6.45) is 0. The molecule has 1 heterocycles. The molecule has 0 bridgehead atoms. The van der Waals surface area contributed by atoms with Crippen LogP contribution in [0.1, 0.15) is 18.6 Å². The van der Waals surface area contributed by atoms with Crippen LogP contribution >= 0.6 is 0 Å². The van der Waals surface area contributed by atoms with Gasteiger partial charge in [-0.05, 0) is 12.1 Å². The summed E-state index contributed by atoms with van der Waals surface area (Å²) < 4.78 is 14.2. The number of methoxy groups -OCH3 is 2. The first-order chi connectivity index (χ1) is 6.19. The number of hydrogen-bond acceptors (Lipinski definition) is 5. The maximum atomic E-state index is 11.1. The molecule has 0 aromatic carbocycles. The summed E-state index contributed by atoms with van der Waals surface area (Å²) in [5, 5.41) is 3.57. The van der Waals surface area contributed by atoms with Crippen LogP contribution in [0.2, 0.25) is 0 Å². The molecular weight excluding hydrogens is 174 g/mol. The highest BCUT2D eigenvalue weighted by atomic mass is 16.5. The quantitative estimate of drug-likeness (QED) is 0.656. The van der Waals surface area contributed by atoms with Gasteiger partial charge >= 0.3 is 5.97 Å². The standard InChI is InChI=1S/C8H11NO4/c1-5(8(10)12-3)6-4-7(11-2)9-13-6/h4-5H,1-3H3. The van der Waals surface area contributed by atoms with Crippen molar-refractivity contribution in [3.8, 4) is 5.88 Å². The number of ether oxygens (including phenoxy) is 2. The van der Waals surface area contributed by atoms with Gasteiger partial charge in [0.15, 0.2) is 5.76 Å². The summed E-state index contributed by atoms with van der Waals surface area (Å²) >= 11 is 0. The lowest BCUT2D eigenvalue weighted by molar-refractivity contribution is -0.142. The Balaban J connectivity index is 2.76. The van der Waals surface area contributed by atoms with Crippen LogP contribution in [-0.2, 0) is 9.53 Å². The molecule has 1 aromatic rings. The Labute approximate surface area is 75.6 Å². The minimum Gasteiger partial charge on any atom is -0.479 e. The van der Waals surface area contributed by atoms with Gasteiger partial charge in [0.25, 0.3) is 5.88 Å². The number of rotatable bonds is 3. The minimum atomic E-state index is -0.457. The minimum absolute atomic E-state index is 0.353. The van der Waals surface area contributed by atoms with Gasteiger partial charge in [-0.25, -0.2) is 0 Å². The van der Waals surface area contributed by atoms with Gasteiger partial charge in [-0.1, -0.05) is 0 Å². The molecule has 72 valence electrons. The maximum absolute atomic E-state index is 11.1. The van der Waals surface area contributed by atoms with E-state index in [1.807, 2.05) is 0 Å². The molecule has 1 unspecified atom stereocenters. The van der Waals surface area contributed by atoms with Crippen molar-refractivity contribution in [2.45, 2.75) is 12.8 Å². The van der Waals surface area contributed by atoms with Gasteiger partial charge in [-0.3, -0.25) is 4.79 Å². The average molecular weight is 185 g/mol. The number of aromatic nitrogens is 1. The summed E-state index contributed by atoms with van der Waals surface area (Å²) in [4.78, 5) is 11.1. The summed E-state index contributed by atoms with van der Waals surface area (Å²) in [7, 11) is 2.80. The van der Waals surface area contributed by atoms with Crippen LogP contribution in [0.15, 0.2) is 10.6 Å². The van der Waals surface area contributed by atoms with E-state index in [9.17, 15) is 4.79 Å². The van der Waals surface area contributed by atoms with Crippen LogP contribution < -0.4 is 4.74 Å². The van der Waals surface area contributed by atoms with Crippen molar-refractivity contribution in [3.63, 3.8) is 0 Å².